The van der Waals surface area contributed by atoms with Gasteiger partial charge in [-0.2, -0.15) is 0 Å². The first-order chi connectivity index (χ1) is 21.1. The molecule has 2 amide bonds. The number of hydrogen-bond donors (Lipinski definition) is 4. The third-order valence-corrected chi connectivity index (χ3v) is 8.00. The van der Waals surface area contributed by atoms with Gasteiger partial charge in [0.25, 0.3) is 5.91 Å². The molecule has 1 aliphatic carbocycles. The van der Waals surface area contributed by atoms with Crippen molar-refractivity contribution >= 4 is 23.5 Å². The van der Waals surface area contributed by atoms with Crippen molar-refractivity contribution in [2.24, 2.45) is 22.6 Å². The highest BCUT2D eigenvalue weighted by Gasteiger charge is 2.27. The first-order valence-electron chi connectivity index (χ1n) is 15.3. The van der Waals surface area contributed by atoms with Crippen molar-refractivity contribution in [1.29, 1.82) is 0 Å². The van der Waals surface area contributed by atoms with E-state index in [0.29, 0.717) is 29.4 Å². The van der Waals surface area contributed by atoms with Crippen LogP contribution in [0.25, 0.3) is 0 Å². The zero-order valence-electron chi connectivity index (χ0n) is 26.2. The highest BCUT2D eigenvalue weighted by Crippen LogP contribution is 2.32. The van der Waals surface area contributed by atoms with E-state index in [1.807, 2.05) is 69.3 Å². The molecule has 0 radical (unpaired) electrons. The summed E-state index contributed by atoms with van der Waals surface area (Å²) < 4.78 is 12.0. The summed E-state index contributed by atoms with van der Waals surface area (Å²) in [4.78, 5) is 42.0. The number of ether oxygens (including phenoxy) is 2. The number of nitrogens with zero attached hydrogens (tertiary/aromatic N) is 1. The van der Waals surface area contributed by atoms with Crippen LogP contribution < -0.4 is 25.8 Å². The standard InChI is InChI=1S/C34H46N4O6/c1-22(2)23(3)27(19-31(39)36-20-32(40)41)38-34(42)26(35)18-28(37-25-14-9-6-10-15-25)33-29(43-4)16-11-17-30(33)44-21-24-12-7-5-8-13-24/h5,7-8,11-13,16-18,22-23,25,27H,6,9-10,14-15,19-21,35H2,1-4H3,(H,36,39)(H,38,42)(H,40,41)/t23-,27+/m0/s1. The molecular weight excluding hydrogens is 560 g/mol. The number of rotatable bonds is 15. The Morgan fingerprint density at radius 2 is 1.70 bits per heavy atom. The number of carboxylic acid groups (broad SMARTS) is 1. The minimum absolute atomic E-state index is 0.0596. The number of aliphatic imine (C=N–C) groups is 1. The van der Waals surface area contributed by atoms with Crippen LogP contribution in [0.4, 0.5) is 0 Å². The number of carbonyl (C=O) groups is 3. The zero-order chi connectivity index (χ0) is 32.1. The Bertz CT molecular complexity index is 1320. The monoisotopic (exact) mass is 606 g/mol. The Morgan fingerprint density at radius 3 is 2.34 bits per heavy atom. The van der Waals surface area contributed by atoms with E-state index in [2.05, 4.69) is 10.6 Å². The molecule has 238 valence electrons. The van der Waals surface area contributed by atoms with Crippen molar-refractivity contribution in [3.05, 3.63) is 71.4 Å². The molecular formula is C34H46N4O6. The summed E-state index contributed by atoms with van der Waals surface area (Å²) in [5.74, 6) is -1.03. The molecule has 3 rings (SSSR count). The molecule has 0 aliphatic heterocycles. The highest BCUT2D eigenvalue weighted by atomic mass is 16.5. The fourth-order valence-corrected chi connectivity index (χ4v) is 5.11. The van der Waals surface area contributed by atoms with E-state index in [-0.39, 0.29) is 30.0 Å². The fraction of sp³-hybridized carbons (Fsp3) is 0.471. The average Bonchev–Trinajstić information content (AvgIpc) is 3.02. The molecule has 5 N–H and O–H groups in total. The Hall–Kier alpha value is -4.34. The van der Waals surface area contributed by atoms with Gasteiger partial charge in [-0.3, -0.25) is 19.4 Å². The summed E-state index contributed by atoms with van der Waals surface area (Å²) in [5, 5.41) is 14.2. The molecule has 1 fully saturated rings. The number of carbonyl (C=O) groups excluding carboxylic acids is 2. The molecule has 0 bridgehead atoms. The molecule has 0 unspecified atom stereocenters. The SMILES string of the molecule is COc1cccc(OCc2ccccc2)c1C(C=C(N)C(=O)N[C@H](CC(=O)NCC(=O)O)[C@@H](C)C(C)C)=NC1CCCCC1. The van der Waals surface area contributed by atoms with Crippen molar-refractivity contribution in [1.82, 2.24) is 10.6 Å². The lowest BCUT2D eigenvalue weighted by atomic mass is 9.88. The van der Waals surface area contributed by atoms with E-state index >= 15 is 0 Å². The molecule has 0 saturated heterocycles. The van der Waals surface area contributed by atoms with Crippen LogP contribution in [0.15, 0.2) is 65.3 Å². The largest absolute Gasteiger partial charge is 0.496 e. The van der Waals surface area contributed by atoms with Crippen molar-refractivity contribution in [2.75, 3.05) is 13.7 Å². The number of hydrogen-bond acceptors (Lipinski definition) is 7. The average molecular weight is 607 g/mol. The van der Waals surface area contributed by atoms with Crippen molar-refractivity contribution < 1.29 is 29.0 Å². The van der Waals surface area contributed by atoms with Gasteiger partial charge in [0.1, 0.15) is 24.7 Å². The molecule has 0 spiro atoms. The lowest BCUT2D eigenvalue weighted by Gasteiger charge is -2.27. The van der Waals surface area contributed by atoms with E-state index in [0.717, 1.165) is 37.7 Å². The summed E-state index contributed by atoms with van der Waals surface area (Å²) in [5.41, 5.74) is 8.44. The van der Waals surface area contributed by atoms with Gasteiger partial charge in [-0.05, 0) is 48.4 Å². The van der Waals surface area contributed by atoms with Crippen LogP contribution in [0.3, 0.4) is 0 Å². The molecule has 2 aromatic rings. The smallest absolute Gasteiger partial charge is 0.322 e. The summed E-state index contributed by atoms with van der Waals surface area (Å²) in [6.45, 7) is 5.75. The third-order valence-electron chi connectivity index (χ3n) is 8.00. The first kappa shape index (κ1) is 34.2. The van der Waals surface area contributed by atoms with Gasteiger partial charge >= 0.3 is 5.97 Å². The van der Waals surface area contributed by atoms with Crippen LogP contribution in [0.1, 0.15) is 70.4 Å². The molecule has 0 heterocycles. The number of benzene rings is 2. The van der Waals surface area contributed by atoms with E-state index in [4.69, 9.17) is 25.3 Å². The molecule has 44 heavy (non-hydrogen) atoms. The number of aliphatic carboxylic acids is 1. The van der Waals surface area contributed by atoms with Crippen LogP contribution in [0.2, 0.25) is 0 Å². The van der Waals surface area contributed by atoms with Gasteiger partial charge in [-0.25, -0.2) is 0 Å². The Labute approximate surface area is 260 Å². The number of methoxy groups -OCH3 is 1. The minimum atomic E-state index is -1.14. The van der Waals surface area contributed by atoms with E-state index in [1.54, 1.807) is 13.2 Å². The van der Waals surface area contributed by atoms with E-state index < -0.39 is 30.4 Å². The first-order valence-corrected chi connectivity index (χ1v) is 15.3. The van der Waals surface area contributed by atoms with E-state index in [1.165, 1.54) is 0 Å². The number of nitrogens with one attached hydrogen (secondary N) is 2. The predicted octanol–water partition coefficient (Wildman–Crippen LogP) is 4.61. The number of nitrogens with two attached hydrogens (primary N) is 1. The Balaban J connectivity index is 1.96. The zero-order valence-corrected chi connectivity index (χ0v) is 26.2. The quantitative estimate of drug-likeness (QED) is 0.171. The molecule has 1 saturated carbocycles. The van der Waals surface area contributed by atoms with Gasteiger partial charge in [0, 0.05) is 12.5 Å². The van der Waals surface area contributed by atoms with Gasteiger partial charge < -0.3 is 30.9 Å². The Kier molecular flexibility index (Phi) is 13.3. The maximum absolute atomic E-state index is 13.5. The van der Waals surface area contributed by atoms with Crippen LogP contribution in [-0.2, 0) is 21.0 Å². The second-order valence-corrected chi connectivity index (χ2v) is 11.6. The summed E-state index contributed by atoms with van der Waals surface area (Å²) in [6.07, 6.45) is 6.64. The molecule has 1 aliphatic rings. The van der Waals surface area contributed by atoms with Crippen LogP contribution in [0, 0.1) is 11.8 Å². The maximum atomic E-state index is 13.5. The predicted molar refractivity (Wildman–Crippen MR) is 171 cm³/mol. The van der Waals surface area contributed by atoms with E-state index in [9.17, 15) is 14.4 Å². The molecule has 10 nitrogen and oxygen atoms in total. The summed E-state index contributed by atoms with van der Waals surface area (Å²) in [7, 11) is 1.57. The van der Waals surface area contributed by atoms with Crippen LogP contribution >= 0.6 is 0 Å². The summed E-state index contributed by atoms with van der Waals surface area (Å²) in [6, 6.07) is 14.8. The second kappa shape index (κ2) is 17.1. The van der Waals surface area contributed by atoms with Gasteiger partial charge in [-0.15, -0.1) is 0 Å². The third kappa shape index (κ3) is 10.4. The van der Waals surface area contributed by atoms with Crippen molar-refractivity contribution in [2.45, 2.75) is 78.0 Å². The van der Waals surface area contributed by atoms with Gasteiger partial charge in [0.15, 0.2) is 0 Å². The molecule has 2 aromatic carbocycles. The molecule has 0 aromatic heterocycles. The molecule has 10 heteroatoms. The maximum Gasteiger partial charge on any atom is 0.322 e. The Morgan fingerprint density at radius 1 is 1.02 bits per heavy atom. The molecule has 2 atom stereocenters. The van der Waals surface area contributed by atoms with Crippen LogP contribution in [0.5, 0.6) is 11.5 Å². The highest BCUT2D eigenvalue weighted by molar-refractivity contribution is 6.15. The van der Waals surface area contributed by atoms with Crippen molar-refractivity contribution in [3.63, 3.8) is 0 Å². The topological polar surface area (TPSA) is 152 Å². The normalized spacial score (nSPS) is 15.8. The minimum Gasteiger partial charge on any atom is -0.496 e. The van der Waals surface area contributed by atoms with Crippen molar-refractivity contribution in [3.8, 4) is 11.5 Å². The van der Waals surface area contributed by atoms with Gasteiger partial charge in [0.2, 0.25) is 5.91 Å². The lowest BCUT2D eigenvalue weighted by Crippen LogP contribution is -2.46. The fourth-order valence-electron chi connectivity index (χ4n) is 5.11. The van der Waals surface area contributed by atoms with Crippen LogP contribution in [-0.4, -0.2) is 54.3 Å². The second-order valence-electron chi connectivity index (χ2n) is 11.6. The van der Waals surface area contributed by atoms with Gasteiger partial charge in [-0.1, -0.05) is 76.4 Å². The summed E-state index contributed by atoms with van der Waals surface area (Å²) >= 11 is 0. The number of amides is 2. The lowest BCUT2D eigenvalue weighted by molar-refractivity contribution is -0.138. The number of allylic oxidation sites excluding steroid dienone is 1. The van der Waals surface area contributed by atoms with Gasteiger partial charge in [0.05, 0.1) is 30.1 Å². The number of carboxylic acids is 1.